The molecule has 1 aromatic carbocycles. The van der Waals surface area contributed by atoms with E-state index in [9.17, 15) is 32.3 Å². The maximum Gasteiger partial charge on any atom is 0.422 e. The third-order valence-corrected chi connectivity index (χ3v) is 6.26. The monoisotopic (exact) mass is 544 g/mol. The van der Waals surface area contributed by atoms with Crippen molar-refractivity contribution in [2.75, 3.05) is 19.8 Å². The molecule has 0 saturated heterocycles. The fourth-order valence-electron chi connectivity index (χ4n) is 3.29. The largest absolute Gasteiger partial charge is 0.484 e. The van der Waals surface area contributed by atoms with Crippen molar-refractivity contribution >= 4 is 27.9 Å². The zero-order valence-corrected chi connectivity index (χ0v) is 20.4. The number of ether oxygens (including phenoxy) is 2. The maximum absolute atomic E-state index is 13.3. The highest BCUT2D eigenvalue weighted by atomic mass is 32.2. The normalized spacial score (nSPS) is 12.3. The third-order valence-electron chi connectivity index (χ3n) is 5.05. The predicted octanol–water partition coefficient (Wildman–Crippen LogP) is 4.35. The fourth-order valence-corrected chi connectivity index (χ4v) is 4.53. The van der Waals surface area contributed by atoms with Crippen molar-refractivity contribution in [2.45, 2.75) is 43.3 Å². The lowest BCUT2D eigenvalue weighted by atomic mass is 10.2. The molecule has 1 unspecified atom stereocenters. The summed E-state index contributed by atoms with van der Waals surface area (Å²) < 4.78 is 62.1. The summed E-state index contributed by atoms with van der Waals surface area (Å²) in [5, 5.41) is 9.16. The maximum atomic E-state index is 13.3. The lowest BCUT2D eigenvalue weighted by molar-refractivity contribution is -0.757. The number of pyridine rings is 1. The van der Waals surface area contributed by atoms with Gasteiger partial charge in [-0.1, -0.05) is 12.1 Å². The quantitative estimate of drug-likeness (QED) is 0.185. The van der Waals surface area contributed by atoms with Crippen molar-refractivity contribution in [1.82, 2.24) is 14.5 Å². The summed E-state index contributed by atoms with van der Waals surface area (Å²) in [4.78, 5) is 35.7. The Morgan fingerprint density at radius 3 is 2.62 bits per heavy atom. The first kappa shape index (κ1) is 27.8. The SMILES string of the molecule is Cc1c(OCC(F)(F)F)ccnc1CS(=O)c1nc2ccccc2n1C(=O)OCCCCCO[N+](=O)[O-]. The molecule has 0 fully saturated rings. The van der Waals surface area contributed by atoms with Gasteiger partial charge in [-0.05, 0) is 44.4 Å². The summed E-state index contributed by atoms with van der Waals surface area (Å²) in [5.74, 6) is -0.280. The van der Waals surface area contributed by atoms with Crippen LogP contribution in [0.2, 0.25) is 0 Å². The molecule has 0 radical (unpaired) electrons. The van der Waals surface area contributed by atoms with Gasteiger partial charge in [-0.2, -0.15) is 13.2 Å². The molecule has 0 aliphatic carbocycles. The summed E-state index contributed by atoms with van der Waals surface area (Å²) in [6.45, 7) is -0.0365. The lowest BCUT2D eigenvalue weighted by Crippen LogP contribution is -2.20. The van der Waals surface area contributed by atoms with E-state index in [1.54, 1.807) is 24.3 Å². The summed E-state index contributed by atoms with van der Waals surface area (Å²) in [5.41, 5.74) is 1.27. The molecule has 2 heterocycles. The van der Waals surface area contributed by atoms with Gasteiger partial charge in [0.2, 0.25) is 5.16 Å². The molecule has 200 valence electrons. The molecule has 3 rings (SSSR count). The van der Waals surface area contributed by atoms with Gasteiger partial charge in [0.05, 0.1) is 46.5 Å². The molecule has 0 amide bonds. The van der Waals surface area contributed by atoms with Gasteiger partial charge < -0.3 is 14.3 Å². The fraction of sp³-hybridized carbons (Fsp3) is 0.409. The highest BCUT2D eigenvalue weighted by molar-refractivity contribution is 7.84. The van der Waals surface area contributed by atoms with Crippen LogP contribution in [0.3, 0.4) is 0 Å². The molecule has 37 heavy (non-hydrogen) atoms. The predicted molar refractivity (Wildman–Crippen MR) is 124 cm³/mol. The number of hydrogen-bond acceptors (Lipinski definition) is 9. The zero-order chi connectivity index (χ0) is 27.0. The second kappa shape index (κ2) is 12.5. The van der Waals surface area contributed by atoms with E-state index >= 15 is 0 Å². The van der Waals surface area contributed by atoms with Crippen LogP contribution in [0.1, 0.15) is 30.5 Å². The molecule has 0 bridgehead atoms. The van der Waals surface area contributed by atoms with Gasteiger partial charge in [0, 0.05) is 11.8 Å². The van der Waals surface area contributed by atoms with E-state index in [0.29, 0.717) is 30.3 Å². The Labute approximate surface area is 211 Å². The molecule has 0 aliphatic heterocycles. The minimum absolute atomic E-state index is 0.00906. The minimum Gasteiger partial charge on any atom is -0.484 e. The summed E-state index contributed by atoms with van der Waals surface area (Å²) in [7, 11) is -1.92. The Morgan fingerprint density at radius 1 is 1.16 bits per heavy atom. The van der Waals surface area contributed by atoms with Gasteiger partial charge >= 0.3 is 12.3 Å². The first-order valence-corrected chi connectivity index (χ1v) is 12.3. The van der Waals surface area contributed by atoms with E-state index in [1.165, 1.54) is 19.2 Å². The smallest absolute Gasteiger partial charge is 0.422 e. The summed E-state index contributed by atoms with van der Waals surface area (Å²) >= 11 is 0. The number of unbranched alkanes of at least 4 members (excludes halogenated alkanes) is 2. The number of carbonyl (C=O) groups is 1. The van der Waals surface area contributed by atoms with Crippen LogP contribution < -0.4 is 4.74 Å². The van der Waals surface area contributed by atoms with Gasteiger partial charge in [0.15, 0.2) is 6.61 Å². The topological polar surface area (TPSA) is 136 Å². The number of carbonyl (C=O) groups excluding carboxylic acids is 1. The molecular formula is C22H23F3N4O7S. The number of para-hydroxylation sites is 2. The molecular weight excluding hydrogens is 521 g/mol. The Morgan fingerprint density at radius 2 is 1.89 bits per heavy atom. The molecule has 1 atom stereocenters. The molecule has 15 heteroatoms. The van der Waals surface area contributed by atoms with Crippen LogP contribution in [-0.4, -0.2) is 55.9 Å². The standard InChI is InChI=1S/C22H23F3N4O7S/c1-15-17(26-10-9-19(15)35-14-22(23,24)25)13-37(33)20-27-16-7-3-4-8-18(16)28(20)21(30)34-11-5-2-6-12-36-29(31)32/h3-4,7-10H,2,5-6,11-14H2,1H3. The second-order valence-electron chi connectivity index (χ2n) is 7.72. The summed E-state index contributed by atoms with van der Waals surface area (Å²) in [6.07, 6.45) is -2.75. The second-order valence-corrected chi connectivity index (χ2v) is 9.07. The molecule has 0 spiro atoms. The van der Waals surface area contributed by atoms with E-state index < -0.39 is 34.8 Å². The number of imidazole rings is 1. The third kappa shape index (κ3) is 7.87. The minimum atomic E-state index is -4.52. The highest BCUT2D eigenvalue weighted by Crippen LogP contribution is 2.26. The van der Waals surface area contributed by atoms with Crippen LogP contribution in [0.4, 0.5) is 18.0 Å². The number of rotatable bonds is 12. The Balaban J connectivity index is 1.73. The lowest BCUT2D eigenvalue weighted by Gasteiger charge is -2.13. The highest BCUT2D eigenvalue weighted by Gasteiger charge is 2.29. The number of alkyl halides is 3. The summed E-state index contributed by atoms with van der Waals surface area (Å²) in [6, 6.07) is 7.88. The van der Waals surface area contributed by atoms with E-state index in [-0.39, 0.29) is 41.1 Å². The average Bonchev–Trinajstić information content (AvgIpc) is 3.23. The molecule has 2 aromatic heterocycles. The van der Waals surface area contributed by atoms with E-state index in [0.717, 1.165) is 4.57 Å². The van der Waals surface area contributed by atoms with E-state index in [1.807, 2.05) is 0 Å². The average molecular weight is 545 g/mol. The molecule has 0 saturated carbocycles. The first-order chi connectivity index (χ1) is 17.6. The van der Waals surface area contributed by atoms with E-state index in [4.69, 9.17) is 9.47 Å². The van der Waals surface area contributed by atoms with Gasteiger partial charge in [-0.25, -0.2) is 14.3 Å². The van der Waals surface area contributed by atoms with Crippen LogP contribution in [0.15, 0.2) is 41.7 Å². The van der Waals surface area contributed by atoms with Crippen LogP contribution in [0.5, 0.6) is 5.75 Å². The van der Waals surface area contributed by atoms with Crippen LogP contribution in [-0.2, 0) is 26.1 Å². The van der Waals surface area contributed by atoms with Crippen molar-refractivity contribution in [3.63, 3.8) is 0 Å². The first-order valence-electron chi connectivity index (χ1n) is 11.0. The van der Waals surface area contributed by atoms with Gasteiger partial charge in [0.1, 0.15) is 5.75 Å². The van der Waals surface area contributed by atoms with Gasteiger partial charge in [0.25, 0.3) is 5.09 Å². The van der Waals surface area contributed by atoms with Crippen LogP contribution >= 0.6 is 0 Å². The molecule has 11 nitrogen and oxygen atoms in total. The van der Waals surface area contributed by atoms with Gasteiger partial charge in [-0.3, -0.25) is 9.19 Å². The van der Waals surface area contributed by atoms with Crippen molar-refractivity contribution in [1.29, 1.82) is 0 Å². The molecule has 3 aromatic rings. The number of nitrogens with zero attached hydrogens (tertiary/aromatic N) is 4. The molecule has 0 aliphatic rings. The number of benzene rings is 1. The number of halogens is 3. The van der Waals surface area contributed by atoms with Crippen LogP contribution in [0, 0.1) is 17.0 Å². The van der Waals surface area contributed by atoms with Crippen molar-refractivity contribution in [2.24, 2.45) is 0 Å². The van der Waals surface area contributed by atoms with Crippen molar-refractivity contribution in [3.05, 3.63) is 57.9 Å². The number of hydrogen-bond donors (Lipinski definition) is 0. The number of fused-ring (bicyclic) bond motifs is 1. The van der Waals surface area contributed by atoms with E-state index in [2.05, 4.69) is 14.8 Å². The van der Waals surface area contributed by atoms with Crippen molar-refractivity contribution in [3.8, 4) is 5.75 Å². The Bertz CT molecular complexity index is 1280. The zero-order valence-electron chi connectivity index (χ0n) is 19.6. The van der Waals surface area contributed by atoms with Crippen LogP contribution in [0.25, 0.3) is 11.0 Å². The Hall–Kier alpha value is -3.75. The molecule has 0 N–H and O–H groups in total. The van der Waals surface area contributed by atoms with Gasteiger partial charge in [-0.15, -0.1) is 10.1 Å². The Kier molecular flexibility index (Phi) is 9.38. The number of aromatic nitrogens is 3. The van der Waals surface area contributed by atoms with Crippen molar-refractivity contribution < 1.29 is 41.6 Å².